The number of aromatic nitrogens is 1. The van der Waals surface area contributed by atoms with Gasteiger partial charge in [-0.3, -0.25) is 9.59 Å². The Labute approximate surface area is 180 Å². The number of unbranched alkanes of at least 4 members (excludes halogenated alkanes) is 5. The van der Waals surface area contributed by atoms with Gasteiger partial charge < -0.3 is 14.4 Å². The Morgan fingerprint density at radius 2 is 1.87 bits per heavy atom. The summed E-state index contributed by atoms with van der Waals surface area (Å²) in [5, 5.41) is 18.7. The van der Waals surface area contributed by atoms with E-state index in [0.29, 0.717) is 6.54 Å². The Morgan fingerprint density at radius 1 is 1.19 bits per heavy atom. The lowest BCUT2D eigenvalue weighted by atomic mass is 9.97. The molecular weight excluding hydrogens is 403 g/mol. The molecule has 1 aromatic heterocycles. The van der Waals surface area contributed by atoms with E-state index in [4.69, 9.17) is 4.74 Å². The molecule has 0 saturated heterocycles. The lowest BCUT2D eigenvalue weighted by Crippen LogP contribution is -2.21. The SMILES string of the molecule is CCCCCCCCn1cc(C(=O)O)c(=O)c2cc(F)c(C(C#N)C(=O)OCC)cc21. The van der Waals surface area contributed by atoms with Gasteiger partial charge in [0.15, 0.2) is 5.92 Å². The number of nitrogens with zero attached hydrogens (tertiary/aromatic N) is 2. The molecular formula is C23H27FN2O5. The van der Waals surface area contributed by atoms with Crippen molar-refractivity contribution >= 4 is 22.8 Å². The summed E-state index contributed by atoms with van der Waals surface area (Å²) in [6.45, 7) is 4.16. The number of nitriles is 1. The monoisotopic (exact) mass is 430 g/mol. The van der Waals surface area contributed by atoms with E-state index in [0.717, 1.165) is 44.6 Å². The van der Waals surface area contributed by atoms with Crippen LogP contribution in [0.2, 0.25) is 0 Å². The zero-order valence-corrected chi connectivity index (χ0v) is 17.8. The first-order valence-corrected chi connectivity index (χ1v) is 10.5. The molecule has 0 saturated carbocycles. The molecule has 1 aromatic carbocycles. The number of carbonyl (C=O) groups excluding carboxylic acids is 1. The summed E-state index contributed by atoms with van der Waals surface area (Å²) in [5.74, 6) is -4.69. The van der Waals surface area contributed by atoms with Gasteiger partial charge in [0.2, 0.25) is 5.43 Å². The van der Waals surface area contributed by atoms with E-state index in [1.807, 2.05) is 0 Å². The summed E-state index contributed by atoms with van der Waals surface area (Å²) < 4.78 is 21.2. The molecule has 0 amide bonds. The maximum absolute atomic E-state index is 14.8. The van der Waals surface area contributed by atoms with Crippen LogP contribution >= 0.6 is 0 Å². The first-order valence-electron chi connectivity index (χ1n) is 10.5. The van der Waals surface area contributed by atoms with Crippen LogP contribution in [0.15, 0.2) is 23.1 Å². The zero-order valence-electron chi connectivity index (χ0n) is 17.8. The molecule has 0 spiro atoms. The predicted molar refractivity (Wildman–Crippen MR) is 113 cm³/mol. The third kappa shape index (κ3) is 5.69. The Hall–Kier alpha value is -3.21. The molecule has 8 heteroatoms. The molecule has 1 N–H and O–H groups in total. The van der Waals surface area contributed by atoms with Crippen LogP contribution in [0.3, 0.4) is 0 Å². The minimum Gasteiger partial charge on any atom is -0.477 e. The molecule has 1 atom stereocenters. The second-order valence-corrected chi connectivity index (χ2v) is 7.34. The zero-order chi connectivity index (χ0) is 23.0. The first kappa shape index (κ1) is 24.1. The maximum Gasteiger partial charge on any atom is 0.341 e. The minimum absolute atomic E-state index is 0.0386. The highest BCUT2D eigenvalue weighted by atomic mass is 19.1. The van der Waals surface area contributed by atoms with Crippen molar-refractivity contribution in [3.8, 4) is 6.07 Å². The molecule has 1 heterocycles. The van der Waals surface area contributed by atoms with Crippen molar-refractivity contribution in [3.63, 3.8) is 0 Å². The predicted octanol–water partition coefficient (Wildman–Crippen LogP) is 4.37. The molecule has 0 aliphatic carbocycles. The number of carbonyl (C=O) groups is 2. The number of halogens is 1. The number of fused-ring (bicyclic) bond motifs is 1. The number of aromatic carboxylic acids is 1. The first-order chi connectivity index (χ1) is 14.8. The molecule has 2 rings (SSSR count). The van der Waals surface area contributed by atoms with Crippen molar-refractivity contribution in [1.82, 2.24) is 4.57 Å². The van der Waals surface area contributed by atoms with Gasteiger partial charge in [0.05, 0.1) is 18.2 Å². The average molecular weight is 430 g/mol. The number of esters is 1. The normalized spacial score (nSPS) is 11.8. The van der Waals surface area contributed by atoms with Crippen molar-refractivity contribution in [2.24, 2.45) is 0 Å². The summed E-state index contributed by atoms with van der Waals surface area (Å²) in [6.07, 6.45) is 7.34. The Bertz CT molecular complexity index is 1050. The molecule has 2 aromatic rings. The van der Waals surface area contributed by atoms with Crippen LogP contribution in [0.4, 0.5) is 4.39 Å². The van der Waals surface area contributed by atoms with Crippen LogP contribution in [0, 0.1) is 17.1 Å². The molecule has 0 aliphatic heterocycles. The number of pyridine rings is 1. The van der Waals surface area contributed by atoms with Crippen LogP contribution in [0.1, 0.15) is 74.2 Å². The topological polar surface area (TPSA) is 109 Å². The summed E-state index contributed by atoms with van der Waals surface area (Å²) in [4.78, 5) is 36.2. The number of hydrogen-bond donors (Lipinski definition) is 1. The largest absolute Gasteiger partial charge is 0.477 e. The minimum atomic E-state index is -1.49. The molecule has 31 heavy (non-hydrogen) atoms. The highest BCUT2D eigenvalue weighted by Gasteiger charge is 2.27. The van der Waals surface area contributed by atoms with Gasteiger partial charge in [-0.05, 0) is 25.5 Å². The van der Waals surface area contributed by atoms with Gasteiger partial charge in [-0.2, -0.15) is 5.26 Å². The van der Waals surface area contributed by atoms with E-state index in [2.05, 4.69) is 6.92 Å². The molecule has 0 bridgehead atoms. The van der Waals surface area contributed by atoms with Crippen molar-refractivity contribution in [3.05, 3.63) is 45.5 Å². The van der Waals surface area contributed by atoms with Crippen LogP contribution in [0.25, 0.3) is 10.9 Å². The highest BCUT2D eigenvalue weighted by Crippen LogP contribution is 2.26. The van der Waals surface area contributed by atoms with Gasteiger partial charge in [-0.15, -0.1) is 0 Å². The molecule has 1 unspecified atom stereocenters. The number of benzene rings is 1. The van der Waals surface area contributed by atoms with E-state index < -0.39 is 34.7 Å². The van der Waals surface area contributed by atoms with Crippen molar-refractivity contribution in [1.29, 1.82) is 5.26 Å². The van der Waals surface area contributed by atoms with Crippen LogP contribution in [0.5, 0.6) is 0 Å². The van der Waals surface area contributed by atoms with Gasteiger partial charge in [-0.1, -0.05) is 39.0 Å². The Balaban J connectivity index is 2.53. The van der Waals surface area contributed by atoms with Crippen molar-refractivity contribution < 1.29 is 23.8 Å². The van der Waals surface area contributed by atoms with Gasteiger partial charge in [0, 0.05) is 23.7 Å². The van der Waals surface area contributed by atoms with E-state index in [1.165, 1.54) is 12.3 Å². The van der Waals surface area contributed by atoms with E-state index in [9.17, 15) is 29.1 Å². The molecule has 7 nitrogen and oxygen atoms in total. The van der Waals surface area contributed by atoms with E-state index in [1.54, 1.807) is 17.6 Å². The second-order valence-electron chi connectivity index (χ2n) is 7.34. The third-order valence-corrected chi connectivity index (χ3v) is 5.14. The van der Waals surface area contributed by atoms with Gasteiger partial charge in [0.1, 0.15) is 11.4 Å². The quantitative estimate of drug-likeness (QED) is 0.419. The Morgan fingerprint density at radius 3 is 2.48 bits per heavy atom. The van der Waals surface area contributed by atoms with Gasteiger partial charge in [-0.25, -0.2) is 9.18 Å². The van der Waals surface area contributed by atoms with E-state index >= 15 is 0 Å². The molecule has 166 valence electrons. The maximum atomic E-state index is 14.8. The van der Waals surface area contributed by atoms with Gasteiger partial charge >= 0.3 is 11.9 Å². The highest BCUT2D eigenvalue weighted by molar-refractivity contribution is 5.93. The number of rotatable bonds is 11. The van der Waals surface area contributed by atoms with Crippen LogP contribution in [-0.4, -0.2) is 28.2 Å². The summed E-state index contributed by atoms with van der Waals surface area (Å²) in [5.41, 5.74) is -1.18. The second kappa shape index (κ2) is 11.3. The Kier molecular flexibility index (Phi) is 8.74. The van der Waals surface area contributed by atoms with Crippen LogP contribution in [-0.2, 0) is 16.1 Å². The third-order valence-electron chi connectivity index (χ3n) is 5.14. The number of hydrogen-bond acceptors (Lipinski definition) is 5. The lowest BCUT2D eigenvalue weighted by Gasteiger charge is -2.16. The summed E-state index contributed by atoms with van der Waals surface area (Å²) in [7, 11) is 0. The van der Waals surface area contributed by atoms with Crippen molar-refractivity contribution in [2.45, 2.75) is 64.8 Å². The van der Waals surface area contributed by atoms with E-state index in [-0.39, 0.29) is 23.1 Å². The smallest absolute Gasteiger partial charge is 0.341 e. The van der Waals surface area contributed by atoms with Gasteiger partial charge in [0.25, 0.3) is 0 Å². The fourth-order valence-corrected chi connectivity index (χ4v) is 3.52. The fraction of sp³-hybridized carbons (Fsp3) is 0.478. The number of carboxylic acids is 1. The number of carboxylic acid groups (broad SMARTS) is 1. The van der Waals surface area contributed by atoms with Crippen molar-refractivity contribution in [2.75, 3.05) is 6.61 Å². The lowest BCUT2D eigenvalue weighted by molar-refractivity contribution is -0.143. The standard InChI is InChI=1S/C23H27FN2O5/c1-3-5-6-7-8-9-10-26-14-18(22(28)29)21(27)16-11-19(24)15(12-20(16)26)17(13-25)23(30)31-4-2/h11-12,14,17H,3-10H2,1-2H3,(H,28,29). The van der Waals surface area contributed by atoms with Crippen LogP contribution < -0.4 is 5.43 Å². The average Bonchev–Trinajstić information content (AvgIpc) is 2.73. The summed E-state index contributed by atoms with van der Waals surface area (Å²) >= 11 is 0. The molecule has 0 radical (unpaired) electrons. The fourth-order valence-electron chi connectivity index (χ4n) is 3.52. The molecule has 0 aliphatic rings. The number of aryl methyl sites for hydroxylation is 1. The summed E-state index contributed by atoms with van der Waals surface area (Å²) in [6, 6.07) is 3.93. The molecule has 0 fully saturated rings. The number of ether oxygens (including phenoxy) is 1.